The lowest BCUT2D eigenvalue weighted by Crippen LogP contribution is -2.07. The molecule has 0 N–H and O–H groups in total. The van der Waals surface area contributed by atoms with Gasteiger partial charge in [0.2, 0.25) is 0 Å². The summed E-state index contributed by atoms with van der Waals surface area (Å²) in [5, 5.41) is 19.2. The lowest BCUT2D eigenvalue weighted by atomic mass is 9.77. The molecular weight excluding hydrogens is 825 g/mol. The molecule has 11 aromatic carbocycles. The summed E-state index contributed by atoms with van der Waals surface area (Å²) in [5.41, 5.74) is 10.1. The highest BCUT2D eigenvalue weighted by Crippen LogP contribution is 2.60. The summed E-state index contributed by atoms with van der Waals surface area (Å²) in [4.78, 5) is 0. The molecule has 0 saturated heterocycles. The number of hydrogen-bond donors (Lipinski definition) is 0. The Balaban J connectivity index is 1.67. The zero-order valence-electron chi connectivity index (χ0n) is 40.6. The third-order valence-corrected chi connectivity index (χ3v) is 14.3. The fraction of sp³-hybridized carbons (Fsp3) is 0.242. The van der Waals surface area contributed by atoms with Gasteiger partial charge >= 0.3 is 0 Å². The Morgan fingerprint density at radius 3 is 0.618 bits per heavy atom. The molecule has 0 radical (unpaired) electrons. The minimum Gasteiger partial charge on any atom is -0.492 e. The van der Waals surface area contributed by atoms with E-state index in [0.717, 1.165) is 110 Å². The van der Waals surface area contributed by atoms with Crippen molar-refractivity contribution in [2.45, 2.75) is 90.9 Å². The van der Waals surface area contributed by atoms with Gasteiger partial charge in [0.25, 0.3) is 0 Å². The molecule has 0 aliphatic carbocycles. The summed E-state index contributed by atoms with van der Waals surface area (Å²) in [6.07, 6.45) is 26.2. The van der Waals surface area contributed by atoms with Crippen LogP contribution in [0.2, 0.25) is 0 Å². The number of rotatable bonds is 24. The van der Waals surface area contributed by atoms with Crippen LogP contribution in [-0.4, -0.2) is 13.2 Å². The molecule has 0 unspecified atom stereocenters. The third-order valence-electron chi connectivity index (χ3n) is 14.3. The minimum atomic E-state index is 0.593. The lowest BCUT2D eigenvalue weighted by molar-refractivity contribution is 0.312. The Morgan fingerprint density at radius 1 is 0.294 bits per heavy atom. The molecule has 0 heterocycles. The standard InChI is InChI=1S/C66H66O2/c1-11-21-31-67-65-61-57-49-33-41(23-13-3)45(27-17-7)37-53(49)59(54-38-46(28-18-8)42(24-14-4)34-50(54)57)63(61)66(68-32-22-12-2)64-60-55-39-47(29-19-9)43(25-15-5)35-51(55)58(62(64)65)52-36-44(26-16-6)48(30-20-10)40-56(52)60/h13-20,33-40H,3-12,21-32H2,1-2H3. The average Bonchev–Trinajstić information content (AvgIpc) is 3.33. The van der Waals surface area contributed by atoms with Crippen LogP contribution in [0, 0.1) is 0 Å². The van der Waals surface area contributed by atoms with E-state index in [1.54, 1.807) is 0 Å². The number of unbranched alkanes of at least 4 members (excludes halogenated alkanes) is 2. The topological polar surface area (TPSA) is 18.5 Å². The van der Waals surface area contributed by atoms with E-state index in [2.05, 4.69) is 115 Å². The molecule has 0 fully saturated rings. The van der Waals surface area contributed by atoms with Gasteiger partial charge in [-0.05, 0) is 200 Å². The number of benzene rings is 11. The van der Waals surface area contributed by atoms with Crippen LogP contribution in [0.4, 0.5) is 0 Å². The van der Waals surface area contributed by atoms with Gasteiger partial charge in [-0.3, -0.25) is 0 Å². The van der Waals surface area contributed by atoms with E-state index in [4.69, 9.17) is 9.47 Å². The normalized spacial score (nSPS) is 11.8. The highest BCUT2D eigenvalue weighted by atomic mass is 16.5. The summed E-state index contributed by atoms with van der Waals surface area (Å²) in [7, 11) is 0. The van der Waals surface area contributed by atoms with Gasteiger partial charge in [0.15, 0.2) is 0 Å². The molecule has 2 nitrogen and oxygen atoms in total. The van der Waals surface area contributed by atoms with E-state index in [1.165, 1.54) is 109 Å². The average molecular weight is 891 g/mol. The van der Waals surface area contributed by atoms with Crippen molar-refractivity contribution in [2.24, 2.45) is 0 Å². The molecule has 0 atom stereocenters. The van der Waals surface area contributed by atoms with E-state index in [1.807, 2.05) is 48.6 Å². The largest absolute Gasteiger partial charge is 0.492 e. The van der Waals surface area contributed by atoms with Crippen molar-refractivity contribution in [3.63, 3.8) is 0 Å². The predicted octanol–water partition coefficient (Wildman–Crippen LogP) is 18.0. The molecule has 4 bridgehead atoms. The molecule has 342 valence electrons. The molecule has 0 aliphatic rings. The molecule has 0 amide bonds. The summed E-state index contributed by atoms with van der Waals surface area (Å²) in [6.45, 7) is 39.3. The van der Waals surface area contributed by atoms with E-state index in [0.29, 0.717) is 13.2 Å². The van der Waals surface area contributed by atoms with Crippen LogP contribution in [-0.2, 0) is 51.4 Å². The second-order valence-corrected chi connectivity index (χ2v) is 18.7. The fourth-order valence-corrected chi connectivity index (χ4v) is 11.4. The smallest absolute Gasteiger partial charge is 0.136 e. The van der Waals surface area contributed by atoms with Gasteiger partial charge in [0.05, 0.1) is 13.2 Å². The Kier molecular flexibility index (Phi) is 13.4. The molecular formula is C66H66O2. The quantitative estimate of drug-likeness (QED) is 0.0342. The summed E-state index contributed by atoms with van der Waals surface area (Å²) >= 11 is 0. The minimum absolute atomic E-state index is 0.593. The molecule has 0 aliphatic heterocycles. The van der Waals surface area contributed by atoms with Gasteiger partial charge in [0.1, 0.15) is 11.5 Å². The lowest BCUT2D eigenvalue weighted by Gasteiger charge is -2.29. The van der Waals surface area contributed by atoms with Crippen LogP contribution in [0.5, 0.6) is 11.5 Å². The maximum Gasteiger partial charge on any atom is 0.136 e. The van der Waals surface area contributed by atoms with Crippen molar-refractivity contribution >= 4 is 86.2 Å². The second kappa shape index (κ2) is 19.7. The van der Waals surface area contributed by atoms with Gasteiger partial charge in [-0.1, -0.05) is 75.3 Å². The number of allylic oxidation sites excluding steroid dienone is 8. The van der Waals surface area contributed by atoms with Crippen LogP contribution in [0.25, 0.3) is 86.2 Å². The van der Waals surface area contributed by atoms with Gasteiger partial charge < -0.3 is 9.47 Å². The Hall–Kier alpha value is -6.90. The molecule has 11 rings (SSSR count). The predicted molar refractivity (Wildman–Crippen MR) is 301 cm³/mol. The Labute approximate surface area is 403 Å². The van der Waals surface area contributed by atoms with Crippen molar-refractivity contribution in [3.05, 3.63) is 194 Å². The SMILES string of the molecule is C=CCc1cc2c(cc1CC=C)c1c3cc(CC=C)c(CC=C)cc3c2c2c(OCCCC)c3c(c(OCCCC)c21)c1c2cc(CC=C)c(CC=C)cc2c3c2cc(CC=C)c(CC=C)cc21. The zero-order valence-corrected chi connectivity index (χ0v) is 40.6. The molecule has 11 aromatic rings. The van der Waals surface area contributed by atoms with Crippen LogP contribution in [0.15, 0.2) is 150 Å². The van der Waals surface area contributed by atoms with Crippen LogP contribution in [0.1, 0.15) is 84.0 Å². The fourth-order valence-electron chi connectivity index (χ4n) is 11.4. The highest BCUT2D eigenvalue weighted by Gasteiger charge is 2.32. The monoisotopic (exact) mass is 891 g/mol. The van der Waals surface area contributed by atoms with Crippen LogP contribution in [0.3, 0.4) is 0 Å². The molecule has 0 saturated carbocycles. The van der Waals surface area contributed by atoms with E-state index in [-0.39, 0.29) is 0 Å². The first-order chi connectivity index (χ1) is 33.4. The first-order valence-corrected chi connectivity index (χ1v) is 24.9. The van der Waals surface area contributed by atoms with Crippen molar-refractivity contribution < 1.29 is 9.47 Å². The van der Waals surface area contributed by atoms with Gasteiger partial charge in [0, 0.05) is 43.1 Å². The highest BCUT2D eigenvalue weighted by molar-refractivity contribution is 6.49. The summed E-state index contributed by atoms with van der Waals surface area (Å²) < 4.78 is 15.0. The first-order valence-electron chi connectivity index (χ1n) is 24.9. The van der Waals surface area contributed by atoms with Crippen LogP contribution >= 0.6 is 0 Å². The summed E-state index contributed by atoms with van der Waals surface area (Å²) in [5.74, 6) is 1.89. The molecule has 2 heteroatoms. The molecule has 0 spiro atoms. The van der Waals surface area contributed by atoms with Crippen molar-refractivity contribution in [3.8, 4) is 11.5 Å². The molecule has 68 heavy (non-hydrogen) atoms. The zero-order chi connectivity index (χ0) is 47.6. The van der Waals surface area contributed by atoms with Crippen molar-refractivity contribution in [1.82, 2.24) is 0 Å². The second-order valence-electron chi connectivity index (χ2n) is 18.7. The summed E-state index contributed by atoms with van der Waals surface area (Å²) in [6, 6.07) is 19.5. The Morgan fingerprint density at radius 2 is 0.471 bits per heavy atom. The maximum absolute atomic E-state index is 7.51. The Bertz CT molecular complexity index is 2890. The van der Waals surface area contributed by atoms with E-state index in [9.17, 15) is 0 Å². The molecule has 0 aromatic heterocycles. The van der Waals surface area contributed by atoms with Gasteiger partial charge in [-0.15, -0.1) is 52.6 Å². The maximum atomic E-state index is 7.51. The van der Waals surface area contributed by atoms with Gasteiger partial charge in [-0.25, -0.2) is 0 Å². The number of hydrogen-bond acceptors (Lipinski definition) is 2. The van der Waals surface area contributed by atoms with Gasteiger partial charge in [-0.2, -0.15) is 0 Å². The number of ether oxygens (including phenoxy) is 2. The third kappa shape index (κ3) is 7.50. The first kappa shape index (κ1) is 46.2. The van der Waals surface area contributed by atoms with Crippen LogP contribution < -0.4 is 9.47 Å². The van der Waals surface area contributed by atoms with Crippen molar-refractivity contribution in [2.75, 3.05) is 13.2 Å². The van der Waals surface area contributed by atoms with E-state index < -0.39 is 0 Å². The van der Waals surface area contributed by atoms with E-state index >= 15 is 0 Å². The van der Waals surface area contributed by atoms with Crippen molar-refractivity contribution in [1.29, 1.82) is 0 Å².